The van der Waals surface area contributed by atoms with Crippen LogP contribution < -0.4 is 15.4 Å². The van der Waals surface area contributed by atoms with Crippen LogP contribution in [-0.2, 0) is 17.9 Å². The molecule has 2 aromatic carbocycles. The third kappa shape index (κ3) is 6.36. The van der Waals surface area contributed by atoms with Crippen LogP contribution in [0.1, 0.15) is 21.7 Å². The number of methoxy groups -OCH3 is 1. The van der Waals surface area contributed by atoms with E-state index >= 15 is 0 Å². The number of benzene rings is 2. The molecule has 0 bridgehead atoms. The maximum Gasteiger partial charge on any atom is 0.251 e. The molecule has 0 radical (unpaired) electrons. The molecule has 0 atom stereocenters. The number of halogens is 1. The summed E-state index contributed by atoms with van der Waals surface area (Å²) in [5, 5.41) is 15.2. The van der Waals surface area contributed by atoms with E-state index in [0.29, 0.717) is 39.5 Å². The summed E-state index contributed by atoms with van der Waals surface area (Å²) < 4.78 is 6.92. The summed E-state index contributed by atoms with van der Waals surface area (Å²) in [6, 6.07) is 12.2. The van der Waals surface area contributed by atoms with Gasteiger partial charge in [0.2, 0.25) is 5.91 Å². The normalized spacial score (nSPS) is 10.5. The van der Waals surface area contributed by atoms with E-state index in [1.54, 1.807) is 55.7 Å². The van der Waals surface area contributed by atoms with Gasteiger partial charge in [-0.1, -0.05) is 35.5 Å². The Morgan fingerprint density at radius 2 is 1.97 bits per heavy atom. The quantitative estimate of drug-likeness (QED) is 0.331. The zero-order valence-electron chi connectivity index (χ0n) is 18.3. The van der Waals surface area contributed by atoms with Gasteiger partial charge in [-0.15, -0.1) is 16.8 Å². The van der Waals surface area contributed by atoms with E-state index in [1.165, 1.54) is 11.8 Å². The molecular formula is C23H24ClN5O3S. The van der Waals surface area contributed by atoms with Crippen molar-refractivity contribution in [3.05, 3.63) is 77.1 Å². The maximum absolute atomic E-state index is 12.4. The van der Waals surface area contributed by atoms with Crippen LogP contribution in [0.5, 0.6) is 5.75 Å². The Hall–Kier alpha value is -3.30. The molecule has 0 fully saturated rings. The van der Waals surface area contributed by atoms with Crippen LogP contribution in [0.3, 0.4) is 0 Å². The summed E-state index contributed by atoms with van der Waals surface area (Å²) in [5.74, 6) is 0.947. The van der Waals surface area contributed by atoms with E-state index in [2.05, 4.69) is 27.4 Å². The molecule has 2 N–H and O–H groups in total. The van der Waals surface area contributed by atoms with Crippen LogP contribution in [0.2, 0.25) is 5.02 Å². The number of thioether (sulfide) groups is 1. The second-order valence-electron chi connectivity index (χ2n) is 6.96. The van der Waals surface area contributed by atoms with Crippen LogP contribution in [0.25, 0.3) is 0 Å². The lowest BCUT2D eigenvalue weighted by molar-refractivity contribution is -0.113. The van der Waals surface area contributed by atoms with Gasteiger partial charge in [0.1, 0.15) is 5.75 Å². The summed E-state index contributed by atoms with van der Waals surface area (Å²) >= 11 is 7.36. The van der Waals surface area contributed by atoms with E-state index in [-0.39, 0.29) is 24.1 Å². The molecule has 3 rings (SSSR count). The molecule has 0 spiro atoms. The zero-order chi connectivity index (χ0) is 23.8. The lowest BCUT2D eigenvalue weighted by Gasteiger charge is -2.10. The summed E-state index contributed by atoms with van der Waals surface area (Å²) in [6.45, 7) is 6.24. The van der Waals surface area contributed by atoms with Crippen LogP contribution in [-0.4, -0.2) is 39.4 Å². The van der Waals surface area contributed by atoms with Crippen molar-refractivity contribution >= 4 is 40.9 Å². The lowest BCUT2D eigenvalue weighted by atomic mass is 10.2. The van der Waals surface area contributed by atoms with Crippen molar-refractivity contribution in [2.75, 3.05) is 18.2 Å². The third-order valence-electron chi connectivity index (χ3n) is 4.74. The number of nitrogens with one attached hydrogen (secondary N) is 2. The number of amides is 2. The first-order valence-electron chi connectivity index (χ1n) is 10.1. The molecule has 172 valence electrons. The average molecular weight is 486 g/mol. The lowest BCUT2D eigenvalue weighted by Crippen LogP contribution is -2.24. The molecule has 1 aromatic heterocycles. The molecule has 0 unspecified atom stereocenters. The Bertz CT molecular complexity index is 1150. The number of hydrogen-bond acceptors (Lipinski definition) is 6. The first kappa shape index (κ1) is 24.3. The van der Waals surface area contributed by atoms with Crippen molar-refractivity contribution in [1.29, 1.82) is 0 Å². The van der Waals surface area contributed by atoms with Crippen molar-refractivity contribution in [2.24, 2.45) is 0 Å². The highest BCUT2D eigenvalue weighted by molar-refractivity contribution is 7.99. The van der Waals surface area contributed by atoms with Gasteiger partial charge in [-0.25, -0.2) is 0 Å². The number of anilines is 1. The highest BCUT2D eigenvalue weighted by Crippen LogP contribution is 2.24. The molecule has 0 saturated carbocycles. The van der Waals surface area contributed by atoms with Gasteiger partial charge < -0.3 is 19.9 Å². The Balaban J connectivity index is 1.61. The van der Waals surface area contributed by atoms with Crippen molar-refractivity contribution in [3.63, 3.8) is 0 Å². The van der Waals surface area contributed by atoms with Crippen LogP contribution in [0.4, 0.5) is 5.69 Å². The number of allylic oxidation sites excluding steroid dienone is 1. The Labute approximate surface area is 201 Å². The topological polar surface area (TPSA) is 98.1 Å². The number of nitrogens with zero attached hydrogens (tertiary/aromatic N) is 3. The van der Waals surface area contributed by atoms with Gasteiger partial charge in [0.25, 0.3) is 5.91 Å². The molecule has 10 heteroatoms. The highest BCUT2D eigenvalue weighted by atomic mass is 35.5. The van der Waals surface area contributed by atoms with E-state index in [0.717, 1.165) is 5.56 Å². The van der Waals surface area contributed by atoms with Crippen LogP contribution in [0.15, 0.2) is 60.3 Å². The second-order valence-corrected chi connectivity index (χ2v) is 8.31. The molecule has 0 aliphatic carbocycles. The number of hydrogen-bond donors (Lipinski definition) is 2. The van der Waals surface area contributed by atoms with Gasteiger partial charge in [0.15, 0.2) is 11.0 Å². The molecule has 0 saturated heterocycles. The van der Waals surface area contributed by atoms with Crippen LogP contribution >= 0.6 is 23.4 Å². The second kappa shape index (κ2) is 11.5. The van der Waals surface area contributed by atoms with Gasteiger partial charge in [-0.05, 0) is 48.9 Å². The van der Waals surface area contributed by atoms with Crippen molar-refractivity contribution in [3.8, 4) is 5.75 Å². The largest absolute Gasteiger partial charge is 0.497 e. The number of carbonyl (C=O) groups excluding carboxylic acids is 2. The minimum absolute atomic E-state index is 0.138. The fourth-order valence-corrected chi connectivity index (χ4v) is 3.87. The zero-order valence-corrected chi connectivity index (χ0v) is 19.9. The minimum Gasteiger partial charge on any atom is -0.497 e. The van der Waals surface area contributed by atoms with Gasteiger partial charge in [0, 0.05) is 22.8 Å². The van der Waals surface area contributed by atoms with Gasteiger partial charge in [-0.2, -0.15) is 0 Å². The molecule has 0 aliphatic heterocycles. The third-order valence-corrected chi connectivity index (χ3v) is 6.11. The summed E-state index contributed by atoms with van der Waals surface area (Å²) in [6.07, 6.45) is 1.71. The van der Waals surface area contributed by atoms with E-state index in [9.17, 15) is 9.59 Å². The fraction of sp³-hybridized carbons (Fsp3) is 0.217. The smallest absolute Gasteiger partial charge is 0.251 e. The monoisotopic (exact) mass is 485 g/mol. The minimum atomic E-state index is -0.240. The molecule has 1 heterocycles. The molecule has 3 aromatic rings. The molecular weight excluding hydrogens is 462 g/mol. The maximum atomic E-state index is 12.4. The van der Waals surface area contributed by atoms with E-state index < -0.39 is 0 Å². The SMILES string of the molecule is C=CCn1c(CNC(=O)c2ccc(OC)cc2)nnc1SCC(=O)Nc1cccc(Cl)c1C. The Morgan fingerprint density at radius 3 is 2.67 bits per heavy atom. The summed E-state index contributed by atoms with van der Waals surface area (Å²) in [4.78, 5) is 24.9. The highest BCUT2D eigenvalue weighted by Gasteiger charge is 2.15. The van der Waals surface area contributed by atoms with Crippen molar-refractivity contribution < 1.29 is 14.3 Å². The Kier molecular flexibility index (Phi) is 8.51. The standard InChI is InChI=1S/C23H24ClN5O3S/c1-4-12-29-20(13-25-22(31)16-8-10-17(32-3)11-9-16)27-28-23(29)33-14-21(30)26-19-7-5-6-18(24)15(19)2/h4-11H,1,12-14H2,2-3H3,(H,25,31)(H,26,30). The fourth-order valence-electron chi connectivity index (χ4n) is 2.93. The predicted octanol–water partition coefficient (Wildman–Crippen LogP) is 4.10. The number of aromatic nitrogens is 3. The summed E-state index contributed by atoms with van der Waals surface area (Å²) in [5.41, 5.74) is 1.98. The Morgan fingerprint density at radius 1 is 1.21 bits per heavy atom. The van der Waals surface area contributed by atoms with E-state index in [1.807, 2.05) is 11.5 Å². The first-order chi connectivity index (χ1) is 15.9. The number of carbonyl (C=O) groups is 2. The molecule has 0 aliphatic rings. The van der Waals surface area contributed by atoms with Gasteiger partial charge in [0.05, 0.1) is 19.4 Å². The predicted molar refractivity (Wildman–Crippen MR) is 130 cm³/mol. The number of rotatable bonds is 10. The van der Waals surface area contributed by atoms with Gasteiger partial charge in [-0.3, -0.25) is 9.59 Å². The van der Waals surface area contributed by atoms with Crippen molar-refractivity contribution in [1.82, 2.24) is 20.1 Å². The average Bonchev–Trinajstić information content (AvgIpc) is 3.21. The molecule has 33 heavy (non-hydrogen) atoms. The molecule has 8 nitrogen and oxygen atoms in total. The van der Waals surface area contributed by atoms with Crippen LogP contribution in [0, 0.1) is 6.92 Å². The van der Waals surface area contributed by atoms with E-state index in [4.69, 9.17) is 16.3 Å². The van der Waals surface area contributed by atoms with Crippen molar-refractivity contribution in [2.45, 2.75) is 25.2 Å². The van der Waals surface area contributed by atoms with Gasteiger partial charge >= 0.3 is 0 Å². The molecule has 2 amide bonds. The summed E-state index contributed by atoms with van der Waals surface area (Å²) in [7, 11) is 1.57. The number of ether oxygens (including phenoxy) is 1. The first-order valence-corrected chi connectivity index (χ1v) is 11.4.